The summed E-state index contributed by atoms with van der Waals surface area (Å²) in [5.74, 6) is -3.41. The SMILES string of the molecule is C=CCC(CC(=O)N(CCO)Cc1ccccc1)C(=O)NC(COC(=O)C(CC=C)Cc1ccccc1)C(=O)Nc1ccc2ccccc2c1. The highest BCUT2D eigenvalue weighted by Gasteiger charge is 2.30. The van der Waals surface area contributed by atoms with Gasteiger partial charge in [-0.15, -0.1) is 13.2 Å². The number of rotatable bonds is 19. The third-order valence-electron chi connectivity index (χ3n) is 8.33. The maximum Gasteiger partial charge on any atom is 0.309 e. The number of anilines is 1. The lowest BCUT2D eigenvalue weighted by atomic mass is 9.96. The van der Waals surface area contributed by atoms with Gasteiger partial charge in [-0.25, -0.2) is 0 Å². The maximum absolute atomic E-state index is 13.8. The van der Waals surface area contributed by atoms with Crippen molar-refractivity contribution in [3.63, 3.8) is 0 Å². The maximum atomic E-state index is 13.8. The van der Waals surface area contributed by atoms with Crippen LogP contribution >= 0.6 is 0 Å². The normalized spacial score (nSPS) is 12.6. The van der Waals surface area contributed by atoms with Gasteiger partial charge in [-0.05, 0) is 53.3 Å². The van der Waals surface area contributed by atoms with Crippen LogP contribution in [0.25, 0.3) is 10.8 Å². The third kappa shape index (κ3) is 11.3. The molecule has 260 valence electrons. The molecule has 3 amide bonds. The minimum Gasteiger partial charge on any atom is -0.463 e. The molecule has 0 bridgehead atoms. The molecule has 0 spiro atoms. The van der Waals surface area contributed by atoms with Gasteiger partial charge in [0.15, 0.2) is 0 Å². The average molecular weight is 676 g/mol. The van der Waals surface area contributed by atoms with Gasteiger partial charge in [-0.2, -0.15) is 0 Å². The number of nitrogens with zero attached hydrogens (tertiary/aromatic N) is 1. The molecule has 50 heavy (non-hydrogen) atoms. The van der Waals surface area contributed by atoms with Gasteiger partial charge in [-0.1, -0.05) is 103 Å². The van der Waals surface area contributed by atoms with E-state index in [1.165, 1.54) is 4.90 Å². The number of allylic oxidation sites excluding steroid dienone is 2. The smallest absolute Gasteiger partial charge is 0.309 e. The lowest BCUT2D eigenvalue weighted by Crippen LogP contribution is -2.50. The first kappa shape index (κ1) is 37.3. The Bertz CT molecular complexity index is 1740. The van der Waals surface area contributed by atoms with Crippen LogP contribution in [0.3, 0.4) is 0 Å². The molecule has 4 aromatic carbocycles. The summed E-state index contributed by atoms with van der Waals surface area (Å²) in [5.41, 5.74) is 2.34. The second kappa shape index (κ2) is 19.5. The number of hydrogen-bond acceptors (Lipinski definition) is 6. The van der Waals surface area contributed by atoms with Crippen LogP contribution < -0.4 is 10.6 Å². The number of fused-ring (bicyclic) bond motifs is 1. The Balaban J connectivity index is 1.51. The van der Waals surface area contributed by atoms with Gasteiger partial charge in [-0.3, -0.25) is 19.2 Å². The zero-order valence-corrected chi connectivity index (χ0v) is 28.2. The monoisotopic (exact) mass is 675 g/mol. The Hall–Kier alpha value is -5.54. The summed E-state index contributed by atoms with van der Waals surface area (Å²) in [6.45, 7) is 7.24. The molecule has 3 N–H and O–H groups in total. The fourth-order valence-electron chi connectivity index (χ4n) is 5.66. The molecule has 0 heterocycles. The van der Waals surface area contributed by atoms with E-state index in [0.29, 0.717) is 18.5 Å². The van der Waals surface area contributed by atoms with E-state index >= 15 is 0 Å². The van der Waals surface area contributed by atoms with Crippen molar-refractivity contribution in [2.45, 2.75) is 38.3 Å². The molecule has 9 heteroatoms. The van der Waals surface area contributed by atoms with Crippen LogP contribution in [0.5, 0.6) is 0 Å². The number of carbonyl (C=O) groups is 4. The number of nitrogens with one attached hydrogen (secondary N) is 2. The number of esters is 1. The van der Waals surface area contributed by atoms with Crippen molar-refractivity contribution in [1.82, 2.24) is 10.2 Å². The Labute approximate surface area is 293 Å². The number of hydrogen-bond donors (Lipinski definition) is 3. The highest BCUT2D eigenvalue weighted by atomic mass is 16.5. The number of ether oxygens (including phenoxy) is 1. The van der Waals surface area contributed by atoms with E-state index in [1.54, 1.807) is 18.2 Å². The molecule has 3 unspecified atom stereocenters. The molecule has 3 atom stereocenters. The Kier molecular flexibility index (Phi) is 14.5. The van der Waals surface area contributed by atoms with Gasteiger partial charge >= 0.3 is 5.97 Å². The van der Waals surface area contributed by atoms with E-state index in [9.17, 15) is 24.3 Å². The molecule has 9 nitrogen and oxygen atoms in total. The molecule has 0 aromatic heterocycles. The van der Waals surface area contributed by atoms with E-state index in [-0.39, 0.29) is 38.4 Å². The van der Waals surface area contributed by atoms with Gasteiger partial charge in [0, 0.05) is 25.2 Å². The summed E-state index contributed by atoms with van der Waals surface area (Å²) in [7, 11) is 0. The molecule has 0 saturated heterocycles. The van der Waals surface area contributed by atoms with E-state index in [1.807, 2.05) is 97.1 Å². The second-order valence-electron chi connectivity index (χ2n) is 12.1. The number of carbonyl (C=O) groups excluding carboxylic acids is 4. The summed E-state index contributed by atoms with van der Waals surface area (Å²) >= 11 is 0. The molecule has 0 aliphatic heterocycles. The molecule has 0 saturated carbocycles. The van der Waals surface area contributed by atoms with Crippen LogP contribution in [0.1, 0.15) is 30.4 Å². The molecule has 0 aliphatic carbocycles. The minimum atomic E-state index is -1.26. The lowest BCUT2D eigenvalue weighted by Gasteiger charge is -2.26. The summed E-state index contributed by atoms with van der Waals surface area (Å²) in [4.78, 5) is 55.7. The molecule has 4 rings (SSSR count). The molecular weight excluding hydrogens is 630 g/mol. The van der Waals surface area contributed by atoms with Gasteiger partial charge in [0.25, 0.3) is 5.91 Å². The van der Waals surface area contributed by atoms with Crippen LogP contribution in [-0.4, -0.2) is 59.5 Å². The van der Waals surface area contributed by atoms with E-state index in [2.05, 4.69) is 23.8 Å². The minimum absolute atomic E-state index is 0.0950. The van der Waals surface area contributed by atoms with E-state index in [4.69, 9.17) is 4.74 Å². The quantitative estimate of drug-likeness (QED) is 0.0847. The van der Waals surface area contributed by atoms with Crippen molar-refractivity contribution < 1.29 is 29.0 Å². The predicted molar refractivity (Wildman–Crippen MR) is 196 cm³/mol. The first-order chi connectivity index (χ1) is 24.3. The zero-order valence-electron chi connectivity index (χ0n) is 28.2. The van der Waals surface area contributed by atoms with Gasteiger partial charge in [0.1, 0.15) is 12.6 Å². The fraction of sp³-hybridized carbons (Fsp3) is 0.268. The third-order valence-corrected chi connectivity index (χ3v) is 8.33. The topological polar surface area (TPSA) is 125 Å². The average Bonchev–Trinajstić information content (AvgIpc) is 3.13. The van der Waals surface area contributed by atoms with Gasteiger partial charge in [0.2, 0.25) is 11.8 Å². The molecule has 0 radical (unpaired) electrons. The zero-order chi connectivity index (χ0) is 35.7. The van der Waals surface area contributed by atoms with Gasteiger partial charge in [0.05, 0.1) is 18.4 Å². The second-order valence-corrected chi connectivity index (χ2v) is 12.1. The summed E-state index contributed by atoms with van der Waals surface area (Å²) in [6.07, 6.45) is 3.96. The number of benzene rings is 4. The summed E-state index contributed by atoms with van der Waals surface area (Å²) < 4.78 is 5.69. The Morgan fingerprint density at radius 2 is 1.38 bits per heavy atom. The first-order valence-electron chi connectivity index (χ1n) is 16.8. The van der Waals surface area contributed by atoms with Crippen LogP contribution in [0.2, 0.25) is 0 Å². The van der Waals surface area contributed by atoms with Crippen LogP contribution in [0.15, 0.2) is 128 Å². The number of aliphatic hydroxyl groups excluding tert-OH is 1. The molecule has 4 aromatic rings. The first-order valence-corrected chi connectivity index (χ1v) is 16.8. The lowest BCUT2D eigenvalue weighted by molar-refractivity contribution is -0.150. The molecule has 0 fully saturated rings. The van der Waals surface area contributed by atoms with Gasteiger partial charge < -0.3 is 25.4 Å². The standard InChI is InChI=1S/C41H45N3O6/c1-3-13-34(27-38(46)44(23-24-45)28-31-17-9-6-10-18-31)39(47)43-37(40(48)42-36-22-21-32-19-11-12-20-33(32)26-36)29-50-41(49)35(14-4-2)25-30-15-7-5-8-16-30/h3-12,15-22,26,34-35,37,45H,1-2,13-14,23-25,27-29H2,(H,42,48)(H,43,47). The summed E-state index contributed by atoms with van der Waals surface area (Å²) in [6, 6.07) is 30.8. The molecular formula is C41H45N3O6. The van der Waals surface area contributed by atoms with E-state index in [0.717, 1.165) is 21.9 Å². The van der Waals surface area contributed by atoms with E-state index < -0.39 is 42.3 Å². The number of aliphatic hydroxyl groups is 1. The van der Waals surface area contributed by atoms with Crippen molar-refractivity contribution in [2.75, 3.05) is 25.1 Å². The van der Waals surface area contributed by atoms with Crippen molar-refractivity contribution in [3.8, 4) is 0 Å². The largest absolute Gasteiger partial charge is 0.463 e. The molecule has 0 aliphatic rings. The van der Waals surface area contributed by atoms with Crippen molar-refractivity contribution in [1.29, 1.82) is 0 Å². The van der Waals surface area contributed by atoms with Crippen LogP contribution in [-0.2, 0) is 36.9 Å². The van der Waals surface area contributed by atoms with Crippen molar-refractivity contribution >= 4 is 40.2 Å². The Morgan fingerprint density at radius 1 is 0.760 bits per heavy atom. The highest BCUT2D eigenvalue weighted by Crippen LogP contribution is 2.20. The van der Waals surface area contributed by atoms with Crippen molar-refractivity contribution in [2.24, 2.45) is 11.8 Å². The van der Waals surface area contributed by atoms with Crippen molar-refractivity contribution in [3.05, 3.63) is 140 Å². The van der Waals surface area contributed by atoms with Crippen LogP contribution in [0.4, 0.5) is 5.69 Å². The van der Waals surface area contributed by atoms with Crippen LogP contribution in [0, 0.1) is 11.8 Å². The Morgan fingerprint density at radius 3 is 2.04 bits per heavy atom. The highest BCUT2D eigenvalue weighted by molar-refractivity contribution is 5.99. The summed E-state index contributed by atoms with van der Waals surface area (Å²) in [5, 5.41) is 17.2. The predicted octanol–water partition coefficient (Wildman–Crippen LogP) is 5.84. The number of amides is 3. The fourth-order valence-corrected chi connectivity index (χ4v) is 5.66.